The summed E-state index contributed by atoms with van der Waals surface area (Å²) >= 11 is 0. The largest absolute Gasteiger partial charge is 0.497 e. The maximum Gasteiger partial charge on any atom is 0.274 e. The Kier molecular flexibility index (Phi) is 6.24. The van der Waals surface area contributed by atoms with Gasteiger partial charge < -0.3 is 19.3 Å². The molecule has 0 atom stereocenters. The van der Waals surface area contributed by atoms with Crippen LogP contribution >= 0.6 is 0 Å². The molecule has 0 fully saturated rings. The molecule has 2 heterocycles. The average molecular weight is 498 g/mol. The Morgan fingerprint density at radius 3 is 2.60 bits per heavy atom. The lowest BCUT2D eigenvalue weighted by Gasteiger charge is -2.14. The van der Waals surface area contributed by atoms with Crippen molar-refractivity contribution in [2.75, 3.05) is 20.8 Å². The molecule has 0 amide bonds. The summed E-state index contributed by atoms with van der Waals surface area (Å²) in [5, 5.41) is 20.8. The third kappa shape index (κ3) is 3.87. The summed E-state index contributed by atoms with van der Waals surface area (Å²) < 4.78 is 58.9. The third-order valence-electron chi connectivity index (χ3n) is 5.32. The summed E-state index contributed by atoms with van der Waals surface area (Å²) in [6.45, 7) is 1.99. The van der Waals surface area contributed by atoms with E-state index in [0.717, 1.165) is 6.07 Å². The van der Waals surface area contributed by atoms with Crippen LogP contribution in [0.1, 0.15) is 12.5 Å². The highest BCUT2D eigenvalue weighted by Crippen LogP contribution is 2.45. The van der Waals surface area contributed by atoms with Gasteiger partial charge in [0.2, 0.25) is 11.8 Å². The van der Waals surface area contributed by atoms with Crippen molar-refractivity contribution in [2.45, 2.75) is 11.8 Å². The molecule has 0 radical (unpaired) electrons. The van der Waals surface area contributed by atoms with Crippen molar-refractivity contribution in [1.82, 2.24) is 8.96 Å². The van der Waals surface area contributed by atoms with Crippen molar-refractivity contribution in [2.24, 2.45) is 0 Å². The Morgan fingerprint density at radius 1 is 1.17 bits per heavy atom. The highest BCUT2D eigenvalue weighted by Gasteiger charge is 2.32. The number of aromatic nitrogens is 2. The number of ether oxygens (including phenoxy) is 3. The van der Waals surface area contributed by atoms with Crippen LogP contribution < -0.4 is 14.2 Å². The number of fused-ring (bicyclic) bond motifs is 1. The fourth-order valence-corrected chi connectivity index (χ4v) is 5.34. The van der Waals surface area contributed by atoms with Gasteiger partial charge in [-0.3, -0.25) is 0 Å². The number of hydrogen-bond acceptors (Lipinski definition) is 8. The number of aromatic hydroxyl groups is 1. The van der Waals surface area contributed by atoms with Crippen LogP contribution in [0.2, 0.25) is 0 Å². The lowest BCUT2D eigenvalue weighted by Crippen LogP contribution is -2.14. The van der Waals surface area contributed by atoms with Crippen LogP contribution in [0.3, 0.4) is 0 Å². The minimum atomic E-state index is -4.54. The zero-order valence-corrected chi connectivity index (χ0v) is 19.8. The van der Waals surface area contributed by atoms with Gasteiger partial charge in [0.25, 0.3) is 10.0 Å². The second-order valence-corrected chi connectivity index (χ2v) is 8.99. The maximum atomic E-state index is 14.7. The Morgan fingerprint density at radius 2 is 1.94 bits per heavy atom. The van der Waals surface area contributed by atoms with Crippen LogP contribution in [-0.2, 0) is 10.0 Å². The van der Waals surface area contributed by atoms with E-state index in [2.05, 4.69) is 4.98 Å². The Bertz CT molecular complexity index is 1590. The van der Waals surface area contributed by atoms with Crippen LogP contribution in [-0.4, -0.2) is 43.3 Å². The minimum Gasteiger partial charge on any atom is -0.497 e. The molecule has 2 aromatic carbocycles. The van der Waals surface area contributed by atoms with E-state index < -0.39 is 21.7 Å². The molecule has 35 heavy (non-hydrogen) atoms. The molecule has 2 aromatic heterocycles. The first-order chi connectivity index (χ1) is 16.8. The van der Waals surface area contributed by atoms with E-state index in [1.165, 1.54) is 44.7 Å². The summed E-state index contributed by atoms with van der Waals surface area (Å²) in [4.78, 5) is 3.87. The molecule has 0 unspecified atom stereocenters. The number of methoxy groups -OCH3 is 2. The van der Waals surface area contributed by atoms with Gasteiger partial charge in [-0.1, -0.05) is 0 Å². The number of rotatable bonds is 7. The van der Waals surface area contributed by atoms with Gasteiger partial charge in [0.1, 0.15) is 28.3 Å². The SMILES string of the molecule is CCOc1ncccc1-c1c(O)n(S(=O)(=O)c2ccc(OC)cc2OC)c2cc(F)c(C#N)cc12. The van der Waals surface area contributed by atoms with Crippen molar-refractivity contribution < 1.29 is 32.1 Å². The van der Waals surface area contributed by atoms with Gasteiger partial charge in [0.05, 0.1) is 43.0 Å². The molecule has 4 rings (SSSR count). The fourth-order valence-electron chi connectivity index (χ4n) is 3.78. The van der Waals surface area contributed by atoms with Gasteiger partial charge in [-0.15, -0.1) is 0 Å². The lowest BCUT2D eigenvalue weighted by atomic mass is 10.0. The fraction of sp³-hybridized carbons (Fsp3) is 0.167. The Balaban J connectivity index is 2.12. The van der Waals surface area contributed by atoms with Crippen molar-refractivity contribution in [1.29, 1.82) is 5.26 Å². The number of nitriles is 1. The lowest BCUT2D eigenvalue weighted by molar-refractivity contribution is 0.328. The molecule has 0 aliphatic rings. The molecule has 0 aliphatic carbocycles. The molecule has 4 aromatic rings. The van der Waals surface area contributed by atoms with Crippen molar-refractivity contribution >= 4 is 20.9 Å². The van der Waals surface area contributed by atoms with Gasteiger partial charge in [0.15, 0.2) is 0 Å². The Hall–Kier alpha value is -4.30. The average Bonchev–Trinajstić information content (AvgIpc) is 3.14. The zero-order valence-electron chi connectivity index (χ0n) is 18.9. The molecule has 11 heteroatoms. The van der Waals surface area contributed by atoms with E-state index in [1.54, 1.807) is 25.1 Å². The molecule has 0 spiro atoms. The van der Waals surface area contributed by atoms with Gasteiger partial charge in [-0.05, 0) is 37.3 Å². The summed E-state index contributed by atoms with van der Waals surface area (Å²) in [5.74, 6) is -1.21. The topological polar surface area (TPSA) is 124 Å². The van der Waals surface area contributed by atoms with E-state index in [9.17, 15) is 23.2 Å². The van der Waals surface area contributed by atoms with Crippen molar-refractivity contribution in [3.63, 3.8) is 0 Å². The molecule has 1 N–H and O–H groups in total. The quantitative estimate of drug-likeness (QED) is 0.405. The molecule has 0 saturated heterocycles. The summed E-state index contributed by atoms with van der Waals surface area (Å²) in [7, 11) is -1.83. The number of benzene rings is 2. The van der Waals surface area contributed by atoms with E-state index in [4.69, 9.17) is 14.2 Å². The van der Waals surface area contributed by atoms with Crippen molar-refractivity contribution in [3.8, 4) is 40.5 Å². The van der Waals surface area contributed by atoms with Crippen LogP contribution in [0.25, 0.3) is 22.0 Å². The van der Waals surface area contributed by atoms with Crippen molar-refractivity contribution in [3.05, 3.63) is 60.0 Å². The van der Waals surface area contributed by atoms with Crippen LogP contribution in [0, 0.1) is 17.1 Å². The van der Waals surface area contributed by atoms with E-state index >= 15 is 0 Å². The first-order valence-electron chi connectivity index (χ1n) is 10.3. The second-order valence-electron chi connectivity index (χ2n) is 7.23. The third-order valence-corrected chi connectivity index (χ3v) is 7.06. The molecular weight excluding hydrogens is 477 g/mol. The second kappa shape index (κ2) is 9.15. The van der Waals surface area contributed by atoms with Gasteiger partial charge in [-0.2, -0.15) is 5.26 Å². The smallest absolute Gasteiger partial charge is 0.274 e. The standard InChI is InChI=1S/C24H20FN3O6S/c1-4-34-23-16(6-5-9-27-23)22-17-10-14(13-26)18(25)12-19(17)28(24(22)29)35(30,31)21-8-7-15(32-2)11-20(21)33-3/h5-12,29H,4H2,1-3H3. The van der Waals surface area contributed by atoms with E-state index in [0.29, 0.717) is 9.72 Å². The zero-order chi connectivity index (χ0) is 25.3. The molecule has 9 nitrogen and oxygen atoms in total. The highest BCUT2D eigenvalue weighted by molar-refractivity contribution is 7.90. The molecule has 0 aliphatic heterocycles. The first-order valence-corrected chi connectivity index (χ1v) is 11.7. The summed E-state index contributed by atoms with van der Waals surface area (Å²) in [6, 6.07) is 11.0. The minimum absolute atomic E-state index is 0.0177. The number of halogens is 1. The van der Waals surface area contributed by atoms with Crippen LogP contribution in [0.5, 0.6) is 23.3 Å². The van der Waals surface area contributed by atoms with E-state index in [1.807, 2.05) is 0 Å². The van der Waals surface area contributed by atoms with Gasteiger partial charge in [-0.25, -0.2) is 21.8 Å². The monoisotopic (exact) mass is 497 g/mol. The number of pyridine rings is 1. The number of nitrogens with zero attached hydrogens (tertiary/aromatic N) is 3. The van der Waals surface area contributed by atoms with Gasteiger partial charge in [0, 0.05) is 23.7 Å². The first kappa shape index (κ1) is 23.8. The maximum absolute atomic E-state index is 14.7. The predicted octanol–water partition coefficient (Wildman–Crippen LogP) is 4.07. The van der Waals surface area contributed by atoms with Gasteiger partial charge >= 0.3 is 0 Å². The normalized spacial score (nSPS) is 11.3. The number of hydrogen-bond donors (Lipinski definition) is 1. The summed E-state index contributed by atoms with van der Waals surface area (Å²) in [5.41, 5.74) is -0.220. The molecule has 0 saturated carbocycles. The molecule has 180 valence electrons. The molecular formula is C24H20FN3O6S. The highest BCUT2D eigenvalue weighted by atomic mass is 32.2. The molecule has 0 bridgehead atoms. The van der Waals surface area contributed by atoms with E-state index in [-0.39, 0.29) is 50.7 Å². The Labute approximate surface area is 200 Å². The van der Waals surface area contributed by atoms with Crippen LogP contribution in [0.15, 0.2) is 53.6 Å². The summed E-state index contributed by atoms with van der Waals surface area (Å²) in [6.07, 6.45) is 1.48. The predicted molar refractivity (Wildman–Crippen MR) is 125 cm³/mol. The van der Waals surface area contributed by atoms with Crippen LogP contribution in [0.4, 0.5) is 4.39 Å².